The van der Waals surface area contributed by atoms with Gasteiger partial charge in [-0.2, -0.15) is 0 Å². The first-order valence-corrected chi connectivity index (χ1v) is 6.93. The molecule has 2 aromatic carbocycles. The molecule has 0 aliphatic carbocycles. The van der Waals surface area contributed by atoms with Gasteiger partial charge in [0.05, 0.1) is 12.6 Å². The Morgan fingerprint density at radius 3 is 2.50 bits per heavy atom. The quantitative estimate of drug-likeness (QED) is 0.910. The molecule has 3 rings (SSSR count). The zero-order valence-corrected chi connectivity index (χ0v) is 12.3. The van der Waals surface area contributed by atoms with Crippen molar-refractivity contribution in [3.8, 4) is 0 Å². The van der Waals surface area contributed by atoms with E-state index in [9.17, 15) is 5.11 Å². The lowest BCUT2D eigenvalue weighted by molar-refractivity contribution is 0.111. The number of benzene rings is 2. The Balaban J connectivity index is 0.00000147. The number of piperazine rings is 1. The van der Waals surface area contributed by atoms with Gasteiger partial charge in [-0.25, -0.2) is 0 Å². The molecule has 0 spiro atoms. The van der Waals surface area contributed by atoms with Crippen LogP contribution in [0.5, 0.6) is 0 Å². The normalized spacial score (nSPS) is 17.6. The van der Waals surface area contributed by atoms with Crippen molar-refractivity contribution in [1.82, 2.24) is 10.2 Å². The number of rotatable bonds is 3. The molecule has 2 N–H and O–H groups in total. The zero-order valence-electron chi connectivity index (χ0n) is 11.5. The largest absolute Gasteiger partial charge is 0.394 e. The molecule has 1 atom stereocenters. The van der Waals surface area contributed by atoms with Crippen LogP contribution in [0.3, 0.4) is 0 Å². The highest BCUT2D eigenvalue weighted by Crippen LogP contribution is 2.28. The van der Waals surface area contributed by atoms with E-state index in [1.807, 2.05) is 0 Å². The van der Waals surface area contributed by atoms with E-state index in [0.29, 0.717) is 0 Å². The molecule has 108 valence electrons. The van der Waals surface area contributed by atoms with Gasteiger partial charge in [-0.05, 0) is 16.3 Å². The third kappa shape index (κ3) is 2.96. The predicted molar refractivity (Wildman–Crippen MR) is 85.5 cm³/mol. The number of halogens is 1. The number of aliphatic hydroxyl groups is 1. The fourth-order valence-electron chi connectivity index (χ4n) is 2.95. The van der Waals surface area contributed by atoms with Crippen molar-refractivity contribution in [3.05, 3.63) is 48.0 Å². The van der Waals surface area contributed by atoms with Crippen LogP contribution in [-0.2, 0) is 0 Å². The standard InChI is InChI=1S/C16H20N2O.ClH/c19-12-16(18-10-8-17-9-11-18)15-7-3-5-13-4-1-2-6-14(13)15;/h1-7,16-17,19H,8-12H2;1H/t16-;/m0./s1. The number of aliphatic hydroxyl groups excluding tert-OH is 1. The minimum Gasteiger partial charge on any atom is -0.394 e. The molecule has 0 aromatic heterocycles. The summed E-state index contributed by atoms with van der Waals surface area (Å²) in [7, 11) is 0. The van der Waals surface area contributed by atoms with E-state index in [1.165, 1.54) is 16.3 Å². The maximum absolute atomic E-state index is 9.83. The summed E-state index contributed by atoms with van der Waals surface area (Å²) in [6, 6.07) is 14.9. The molecule has 3 nitrogen and oxygen atoms in total. The summed E-state index contributed by atoms with van der Waals surface area (Å²) in [5.41, 5.74) is 1.24. The van der Waals surface area contributed by atoms with Crippen LogP contribution in [-0.4, -0.2) is 42.8 Å². The van der Waals surface area contributed by atoms with Gasteiger partial charge in [0.15, 0.2) is 0 Å². The van der Waals surface area contributed by atoms with Gasteiger partial charge in [0.1, 0.15) is 0 Å². The van der Waals surface area contributed by atoms with Gasteiger partial charge in [-0.3, -0.25) is 4.90 Å². The summed E-state index contributed by atoms with van der Waals surface area (Å²) in [6.45, 7) is 4.17. The highest BCUT2D eigenvalue weighted by atomic mass is 35.5. The number of fused-ring (bicyclic) bond motifs is 1. The van der Waals surface area contributed by atoms with E-state index >= 15 is 0 Å². The lowest BCUT2D eigenvalue weighted by Gasteiger charge is -2.34. The van der Waals surface area contributed by atoms with Crippen molar-refractivity contribution in [2.45, 2.75) is 6.04 Å². The van der Waals surface area contributed by atoms with Crippen molar-refractivity contribution >= 4 is 23.2 Å². The van der Waals surface area contributed by atoms with Gasteiger partial charge in [0.25, 0.3) is 0 Å². The molecule has 0 unspecified atom stereocenters. The van der Waals surface area contributed by atoms with Crippen LogP contribution >= 0.6 is 12.4 Å². The second-order valence-corrected chi connectivity index (χ2v) is 5.05. The number of nitrogens with zero attached hydrogens (tertiary/aromatic N) is 1. The number of hydrogen-bond acceptors (Lipinski definition) is 3. The van der Waals surface area contributed by atoms with Crippen LogP contribution in [0.15, 0.2) is 42.5 Å². The monoisotopic (exact) mass is 292 g/mol. The highest BCUT2D eigenvalue weighted by Gasteiger charge is 2.22. The highest BCUT2D eigenvalue weighted by molar-refractivity contribution is 5.86. The van der Waals surface area contributed by atoms with Crippen LogP contribution in [0.4, 0.5) is 0 Å². The Bertz CT molecular complexity index is 550. The molecular formula is C16H21ClN2O. The Morgan fingerprint density at radius 2 is 1.75 bits per heavy atom. The van der Waals surface area contributed by atoms with Crippen LogP contribution in [0.2, 0.25) is 0 Å². The Kier molecular flexibility index (Phi) is 5.38. The molecule has 1 aliphatic rings. The maximum atomic E-state index is 9.83. The van der Waals surface area contributed by atoms with E-state index in [2.05, 4.69) is 52.7 Å². The van der Waals surface area contributed by atoms with Crippen molar-refractivity contribution in [2.24, 2.45) is 0 Å². The average Bonchev–Trinajstić information content (AvgIpc) is 2.49. The minimum atomic E-state index is 0. The molecule has 1 heterocycles. The van der Waals surface area contributed by atoms with Crippen molar-refractivity contribution in [2.75, 3.05) is 32.8 Å². The first-order chi connectivity index (χ1) is 9.40. The van der Waals surface area contributed by atoms with Crippen molar-refractivity contribution in [1.29, 1.82) is 0 Å². The molecule has 20 heavy (non-hydrogen) atoms. The van der Waals surface area contributed by atoms with Gasteiger partial charge < -0.3 is 10.4 Å². The van der Waals surface area contributed by atoms with E-state index in [4.69, 9.17) is 0 Å². The molecule has 0 saturated carbocycles. The molecule has 2 aromatic rings. The fraction of sp³-hybridized carbons (Fsp3) is 0.375. The Labute approximate surface area is 126 Å². The fourth-order valence-corrected chi connectivity index (χ4v) is 2.95. The van der Waals surface area contributed by atoms with Crippen molar-refractivity contribution < 1.29 is 5.11 Å². The Hall–Kier alpha value is -1.13. The third-order valence-corrected chi connectivity index (χ3v) is 3.95. The summed E-state index contributed by atoms with van der Waals surface area (Å²) in [5, 5.41) is 15.7. The minimum absolute atomic E-state index is 0. The predicted octanol–water partition coefficient (Wildman–Crippen LogP) is 2.20. The summed E-state index contributed by atoms with van der Waals surface area (Å²) in [4.78, 5) is 2.37. The molecule has 1 aliphatic heterocycles. The van der Waals surface area contributed by atoms with Crippen LogP contribution in [0.1, 0.15) is 11.6 Å². The number of nitrogens with one attached hydrogen (secondary N) is 1. The average molecular weight is 293 g/mol. The molecular weight excluding hydrogens is 272 g/mol. The van der Waals surface area contributed by atoms with Gasteiger partial charge >= 0.3 is 0 Å². The van der Waals surface area contributed by atoms with Gasteiger partial charge in [-0.1, -0.05) is 42.5 Å². The van der Waals surface area contributed by atoms with E-state index in [0.717, 1.165) is 26.2 Å². The third-order valence-electron chi connectivity index (χ3n) is 3.95. The summed E-state index contributed by atoms with van der Waals surface area (Å²) in [5.74, 6) is 0. The van der Waals surface area contributed by atoms with Gasteiger partial charge in [0, 0.05) is 26.2 Å². The lowest BCUT2D eigenvalue weighted by Crippen LogP contribution is -2.46. The van der Waals surface area contributed by atoms with Crippen LogP contribution < -0.4 is 5.32 Å². The SMILES string of the molecule is Cl.OC[C@@H](c1cccc2ccccc12)N1CCNCC1. The molecule has 1 saturated heterocycles. The maximum Gasteiger partial charge on any atom is 0.0628 e. The van der Waals surface area contributed by atoms with Crippen LogP contribution in [0.25, 0.3) is 10.8 Å². The molecule has 1 fully saturated rings. The number of hydrogen-bond donors (Lipinski definition) is 2. The first kappa shape index (κ1) is 15.3. The van der Waals surface area contributed by atoms with Gasteiger partial charge in [0.2, 0.25) is 0 Å². The van der Waals surface area contributed by atoms with E-state index in [1.54, 1.807) is 0 Å². The summed E-state index contributed by atoms with van der Waals surface area (Å²) < 4.78 is 0. The second-order valence-electron chi connectivity index (χ2n) is 5.05. The zero-order chi connectivity index (χ0) is 13.1. The van der Waals surface area contributed by atoms with E-state index in [-0.39, 0.29) is 25.1 Å². The van der Waals surface area contributed by atoms with Gasteiger partial charge in [-0.15, -0.1) is 12.4 Å². The molecule has 0 radical (unpaired) electrons. The molecule has 4 heteroatoms. The van der Waals surface area contributed by atoms with Crippen LogP contribution in [0, 0.1) is 0 Å². The molecule has 0 bridgehead atoms. The molecule has 0 amide bonds. The smallest absolute Gasteiger partial charge is 0.0628 e. The van der Waals surface area contributed by atoms with Crippen molar-refractivity contribution in [3.63, 3.8) is 0 Å². The topological polar surface area (TPSA) is 35.5 Å². The second kappa shape index (κ2) is 7.04. The Morgan fingerprint density at radius 1 is 1.05 bits per heavy atom. The summed E-state index contributed by atoms with van der Waals surface area (Å²) in [6.07, 6.45) is 0. The first-order valence-electron chi connectivity index (χ1n) is 6.93. The summed E-state index contributed by atoms with van der Waals surface area (Å²) >= 11 is 0. The lowest BCUT2D eigenvalue weighted by atomic mass is 9.97. The van der Waals surface area contributed by atoms with E-state index < -0.39 is 0 Å².